The Balaban J connectivity index is 1.69. The second-order valence-corrected chi connectivity index (χ2v) is 10.6. The fourth-order valence-corrected chi connectivity index (χ4v) is 5.66. The largest absolute Gasteiger partial charge is 0.405 e. The SMILES string of the molecule is Cc1ncc(-c2cncc(-c3cc(S(=O)(=O)N4CCNC(C(F)(F)F)C4)ccc3C)n2)s1. The van der Waals surface area contributed by atoms with Crippen LogP contribution in [-0.4, -0.2) is 59.5 Å². The molecule has 170 valence electrons. The van der Waals surface area contributed by atoms with Gasteiger partial charge in [-0.05, 0) is 31.5 Å². The Bertz CT molecular complexity index is 1240. The van der Waals surface area contributed by atoms with Gasteiger partial charge in [0.25, 0.3) is 0 Å². The lowest BCUT2D eigenvalue weighted by Crippen LogP contribution is -2.58. The summed E-state index contributed by atoms with van der Waals surface area (Å²) in [6, 6.07) is 2.57. The Morgan fingerprint density at radius 2 is 1.91 bits per heavy atom. The number of aryl methyl sites for hydroxylation is 2. The van der Waals surface area contributed by atoms with Gasteiger partial charge in [0, 0.05) is 31.4 Å². The lowest BCUT2D eigenvalue weighted by atomic mass is 10.1. The molecule has 0 saturated carbocycles. The van der Waals surface area contributed by atoms with Crippen LogP contribution in [0.3, 0.4) is 0 Å². The van der Waals surface area contributed by atoms with Crippen molar-refractivity contribution in [3.8, 4) is 21.8 Å². The van der Waals surface area contributed by atoms with Crippen LogP contribution in [0.2, 0.25) is 0 Å². The van der Waals surface area contributed by atoms with Crippen molar-refractivity contribution in [1.82, 2.24) is 24.6 Å². The summed E-state index contributed by atoms with van der Waals surface area (Å²) in [6.45, 7) is 2.89. The molecule has 1 aliphatic heterocycles. The summed E-state index contributed by atoms with van der Waals surface area (Å²) < 4.78 is 66.5. The van der Waals surface area contributed by atoms with Gasteiger partial charge in [-0.2, -0.15) is 17.5 Å². The molecule has 2 aromatic heterocycles. The molecule has 4 rings (SSSR count). The number of alkyl halides is 3. The van der Waals surface area contributed by atoms with Crippen molar-refractivity contribution >= 4 is 21.4 Å². The molecule has 12 heteroatoms. The van der Waals surface area contributed by atoms with E-state index in [1.54, 1.807) is 25.4 Å². The van der Waals surface area contributed by atoms with Crippen LogP contribution < -0.4 is 5.32 Å². The van der Waals surface area contributed by atoms with E-state index in [0.717, 1.165) is 19.8 Å². The lowest BCUT2D eigenvalue weighted by Gasteiger charge is -2.33. The van der Waals surface area contributed by atoms with Crippen molar-refractivity contribution in [2.24, 2.45) is 0 Å². The predicted octanol–water partition coefficient (Wildman–Crippen LogP) is 3.41. The highest BCUT2D eigenvalue weighted by molar-refractivity contribution is 7.89. The second-order valence-electron chi connectivity index (χ2n) is 7.42. The number of sulfonamides is 1. The zero-order valence-corrected chi connectivity index (χ0v) is 18.9. The molecule has 32 heavy (non-hydrogen) atoms. The van der Waals surface area contributed by atoms with Gasteiger partial charge in [0.05, 0.1) is 32.9 Å². The number of hydrogen-bond acceptors (Lipinski definition) is 7. The van der Waals surface area contributed by atoms with Crippen LogP contribution in [0.25, 0.3) is 21.8 Å². The molecule has 7 nitrogen and oxygen atoms in total. The highest BCUT2D eigenvalue weighted by Gasteiger charge is 2.44. The van der Waals surface area contributed by atoms with Gasteiger partial charge in [-0.3, -0.25) is 4.98 Å². The minimum Gasteiger partial charge on any atom is -0.304 e. The third-order valence-electron chi connectivity index (χ3n) is 5.16. The molecule has 1 saturated heterocycles. The third-order valence-corrected chi connectivity index (χ3v) is 7.96. The van der Waals surface area contributed by atoms with Crippen LogP contribution in [0.4, 0.5) is 13.2 Å². The quantitative estimate of drug-likeness (QED) is 0.612. The summed E-state index contributed by atoms with van der Waals surface area (Å²) in [6.07, 6.45) is 0.297. The summed E-state index contributed by atoms with van der Waals surface area (Å²) in [4.78, 5) is 13.8. The normalized spacial score (nSPS) is 18.1. The van der Waals surface area contributed by atoms with Gasteiger partial charge >= 0.3 is 6.18 Å². The van der Waals surface area contributed by atoms with E-state index in [4.69, 9.17) is 0 Å². The summed E-state index contributed by atoms with van der Waals surface area (Å²) in [7, 11) is -4.12. The molecule has 0 amide bonds. The van der Waals surface area contributed by atoms with E-state index in [2.05, 4.69) is 20.3 Å². The molecule has 3 heterocycles. The number of nitrogens with one attached hydrogen (secondary N) is 1. The Hall–Kier alpha value is -2.41. The zero-order chi connectivity index (χ0) is 23.1. The van der Waals surface area contributed by atoms with Gasteiger partial charge in [0.2, 0.25) is 10.0 Å². The molecular weight excluding hydrogens is 463 g/mol. The molecule has 1 atom stereocenters. The van der Waals surface area contributed by atoms with E-state index in [1.165, 1.54) is 29.7 Å². The van der Waals surface area contributed by atoms with Crippen LogP contribution in [-0.2, 0) is 10.0 Å². The van der Waals surface area contributed by atoms with E-state index >= 15 is 0 Å². The fraction of sp³-hybridized carbons (Fsp3) is 0.350. The maximum Gasteiger partial charge on any atom is 0.405 e. The van der Waals surface area contributed by atoms with Crippen molar-refractivity contribution in [3.05, 3.63) is 47.4 Å². The van der Waals surface area contributed by atoms with Crippen molar-refractivity contribution in [2.45, 2.75) is 31.0 Å². The van der Waals surface area contributed by atoms with Gasteiger partial charge in [-0.15, -0.1) is 11.3 Å². The number of rotatable bonds is 4. The Kier molecular flexibility index (Phi) is 6.05. The van der Waals surface area contributed by atoms with Crippen LogP contribution in [0.15, 0.2) is 41.7 Å². The number of hydrogen-bond donors (Lipinski definition) is 1. The van der Waals surface area contributed by atoms with E-state index in [-0.39, 0.29) is 18.0 Å². The predicted molar refractivity (Wildman–Crippen MR) is 115 cm³/mol. The maximum atomic E-state index is 13.1. The molecule has 1 fully saturated rings. The van der Waals surface area contributed by atoms with Crippen molar-refractivity contribution < 1.29 is 21.6 Å². The molecule has 1 N–H and O–H groups in total. The Labute approximate surface area is 187 Å². The molecule has 1 aromatic carbocycles. The van der Waals surface area contributed by atoms with E-state index in [1.807, 2.05) is 6.92 Å². The van der Waals surface area contributed by atoms with Crippen LogP contribution >= 0.6 is 11.3 Å². The molecule has 0 bridgehead atoms. The molecule has 0 spiro atoms. The topological polar surface area (TPSA) is 88.1 Å². The van der Waals surface area contributed by atoms with Gasteiger partial charge in [-0.25, -0.2) is 18.4 Å². The highest BCUT2D eigenvalue weighted by Crippen LogP contribution is 2.31. The molecule has 1 unspecified atom stereocenters. The van der Waals surface area contributed by atoms with Gasteiger partial charge in [-0.1, -0.05) is 6.07 Å². The summed E-state index contributed by atoms with van der Waals surface area (Å²) in [5.41, 5.74) is 2.39. The number of piperazine rings is 1. The Morgan fingerprint density at radius 1 is 1.16 bits per heavy atom. The van der Waals surface area contributed by atoms with Crippen LogP contribution in [0.1, 0.15) is 10.6 Å². The minimum absolute atomic E-state index is 0.0435. The summed E-state index contributed by atoms with van der Waals surface area (Å²) >= 11 is 1.46. The summed E-state index contributed by atoms with van der Waals surface area (Å²) in [5.74, 6) is 0. The lowest BCUT2D eigenvalue weighted by molar-refractivity contribution is -0.160. The number of aromatic nitrogens is 3. The summed E-state index contributed by atoms with van der Waals surface area (Å²) in [5, 5.41) is 3.21. The standard InChI is InChI=1S/C20H20F3N5O2S2/c1-12-3-4-14(32(29,30)28-6-5-25-19(11-28)20(21,22)23)7-15(12)16-8-24-9-17(27-16)18-10-26-13(2)31-18/h3-4,7-10,19,25H,5-6,11H2,1-2H3. The minimum atomic E-state index is -4.53. The van der Waals surface area contributed by atoms with Crippen molar-refractivity contribution in [2.75, 3.05) is 19.6 Å². The number of benzene rings is 1. The third kappa shape index (κ3) is 4.53. The smallest absolute Gasteiger partial charge is 0.304 e. The van der Waals surface area contributed by atoms with Gasteiger partial charge < -0.3 is 5.32 Å². The van der Waals surface area contributed by atoms with Crippen molar-refractivity contribution in [1.29, 1.82) is 0 Å². The fourth-order valence-electron chi connectivity index (χ4n) is 3.44. The monoisotopic (exact) mass is 483 g/mol. The first-order valence-electron chi connectivity index (χ1n) is 9.72. The van der Waals surface area contributed by atoms with Gasteiger partial charge in [0.1, 0.15) is 11.7 Å². The van der Waals surface area contributed by atoms with E-state index in [0.29, 0.717) is 17.0 Å². The molecule has 3 aromatic rings. The maximum absolute atomic E-state index is 13.1. The first-order chi connectivity index (χ1) is 15.1. The van der Waals surface area contributed by atoms with E-state index in [9.17, 15) is 21.6 Å². The molecule has 0 aliphatic carbocycles. The molecule has 0 radical (unpaired) electrons. The number of nitrogens with zero attached hydrogens (tertiary/aromatic N) is 4. The number of halogens is 3. The number of thiazole rings is 1. The first kappa shape index (κ1) is 22.8. The molecular formula is C20H20F3N5O2S2. The zero-order valence-electron chi connectivity index (χ0n) is 17.2. The van der Waals surface area contributed by atoms with Crippen molar-refractivity contribution in [3.63, 3.8) is 0 Å². The molecule has 1 aliphatic rings. The Morgan fingerprint density at radius 3 is 2.59 bits per heavy atom. The first-order valence-corrected chi connectivity index (χ1v) is 12.0. The van der Waals surface area contributed by atoms with Crippen LogP contribution in [0, 0.1) is 13.8 Å². The average Bonchev–Trinajstić information content (AvgIpc) is 3.20. The van der Waals surface area contributed by atoms with Gasteiger partial charge in [0.15, 0.2) is 0 Å². The average molecular weight is 484 g/mol. The van der Waals surface area contributed by atoms with Crippen LogP contribution in [0.5, 0.6) is 0 Å². The van der Waals surface area contributed by atoms with E-state index < -0.39 is 28.8 Å². The highest BCUT2D eigenvalue weighted by atomic mass is 32.2. The second kappa shape index (κ2) is 8.50.